The highest BCUT2D eigenvalue weighted by Gasteiger charge is 2.23. The van der Waals surface area contributed by atoms with Gasteiger partial charge in [-0.1, -0.05) is 0 Å². The van der Waals surface area contributed by atoms with Gasteiger partial charge in [-0.3, -0.25) is 4.90 Å². The first-order valence-electron chi connectivity index (χ1n) is 9.29. The second-order valence-corrected chi connectivity index (χ2v) is 7.08. The van der Waals surface area contributed by atoms with Gasteiger partial charge in [-0.05, 0) is 32.9 Å². The van der Waals surface area contributed by atoms with Gasteiger partial charge < -0.3 is 14.2 Å². The molecule has 0 spiro atoms. The van der Waals surface area contributed by atoms with Crippen LogP contribution in [0.1, 0.15) is 25.5 Å². The first-order valence-corrected chi connectivity index (χ1v) is 9.29. The first kappa shape index (κ1) is 17.3. The number of hydrogen-bond acceptors (Lipinski definition) is 6. The van der Waals surface area contributed by atoms with E-state index in [1.807, 2.05) is 29.8 Å². The van der Waals surface area contributed by atoms with Crippen LogP contribution in [0.15, 0.2) is 18.2 Å². The van der Waals surface area contributed by atoms with Crippen LogP contribution in [0.5, 0.6) is 11.5 Å². The van der Waals surface area contributed by atoms with Crippen molar-refractivity contribution in [3.8, 4) is 17.2 Å². The molecule has 1 fully saturated rings. The van der Waals surface area contributed by atoms with Crippen LogP contribution in [-0.4, -0.2) is 64.7 Å². The number of benzene rings is 1. The van der Waals surface area contributed by atoms with E-state index in [9.17, 15) is 0 Å². The van der Waals surface area contributed by atoms with Crippen LogP contribution in [0.4, 0.5) is 0 Å². The second kappa shape index (κ2) is 7.25. The third-order valence-electron chi connectivity index (χ3n) is 4.70. The van der Waals surface area contributed by atoms with Crippen molar-refractivity contribution in [3.05, 3.63) is 29.8 Å². The Kier molecular flexibility index (Phi) is 4.82. The zero-order valence-electron chi connectivity index (χ0n) is 15.6. The fraction of sp³-hybridized carbons (Fsp3) is 0.579. The smallest absolute Gasteiger partial charge is 0.163 e. The first-order chi connectivity index (χ1) is 12.6. The van der Waals surface area contributed by atoms with Crippen molar-refractivity contribution in [1.82, 2.24) is 19.7 Å². The minimum absolute atomic E-state index is 0.274. The lowest BCUT2D eigenvalue weighted by Crippen LogP contribution is -2.46. The third-order valence-corrected chi connectivity index (χ3v) is 4.70. The van der Waals surface area contributed by atoms with Crippen LogP contribution in [0, 0.1) is 6.92 Å². The molecule has 140 valence electrons. The standard InChI is InChI=1S/C19H26N4O3/c1-13-11-22(12-14(2)26-13)7-6-19-20-15(3)21-23(19)16-4-5-17-18(10-16)25-9-8-24-17/h4-5,10,13-14H,6-9,11-12H2,1-3H3/t13-,14+. The summed E-state index contributed by atoms with van der Waals surface area (Å²) < 4.78 is 19.0. The summed E-state index contributed by atoms with van der Waals surface area (Å²) in [6, 6.07) is 5.92. The summed E-state index contributed by atoms with van der Waals surface area (Å²) >= 11 is 0. The topological polar surface area (TPSA) is 61.6 Å². The number of rotatable bonds is 4. The van der Waals surface area contributed by atoms with E-state index in [0.29, 0.717) is 13.2 Å². The predicted molar refractivity (Wildman–Crippen MR) is 97.2 cm³/mol. The van der Waals surface area contributed by atoms with Crippen molar-refractivity contribution in [2.45, 2.75) is 39.4 Å². The highest BCUT2D eigenvalue weighted by molar-refractivity contribution is 5.49. The summed E-state index contributed by atoms with van der Waals surface area (Å²) in [6.07, 6.45) is 1.39. The van der Waals surface area contributed by atoms with Crippen molar-refractivity contribution >= 4 is 0 Å². The van der Waals surface area contributed by atoms with Gasteiger partial charge in [0.2, 0.25) is 0 Å². The van der Waals surface area contributed by atoms with E-state index >= 15 is 0 Å². The largest absolute Gasteiger partial charge is 0.486 e. The summed E-state index contributed by atoms with van der Waals surface area (Å²) in [5, 5.41) is 4.59. The number of morpholine rings is 1. The molecule has 3 heterocycles. The van der Waals surface area contributed by atoms with Crippen LogP contribution in [0.3, 0.4) is 0 Å². The molecule has 7 nitrogen and oxygen atoms in total. The van der Waals surface area contributed by atoms with E-state index in [2.05, 4.69) is 28.8 Å². The van der Waals surface area contributed by atoms with Gasteiger partial charge in [-0.2, -0.15) is 5.10 Å². The van der Waals surface area contributed by atoms with E-state index in [1.54, 1.807) is 0 Å². The lowest BCUT2D eigenvalue weighted by Gasteiger charge is -2.35. The highest BCUT2D eigenvalue weighted by Crippen LogP contribution is 2.32. The van der Waals surface area contributed by atoms with Crippen LogP contribution < -0.4 is 9.47 Å². The van der Waals surface area contributed by atoms with Gasteiger partial charge in [0.25, 0.3) is 0 Å². The Balaban J connectivity index is 1.52. The lowest BCUT2D eigenvalue weighted by atomic mass is 10.2. The molecule has 2 aromatic rings. The average molecular weight is 358 g/mol. The highest BCUT2D eigenvalue weighted by atomic mass is 16.6. The average Bonchev–Trinajstić information content (AvgIpc) is 2.99. The monoisotopic (exact) mass is 358 g/mol. The molecule has 1 saturated heterocycles. The molecule has 2 aliphatic rings. The van der Waals surface area contributed by atoms with Gasteiger partial charge in [0, 0.05) is 32.1 Å². The Labute approximate surface area is 153 Å². The summed E-state index contributed by atoms with van der Waals surface area (Å²) in [6.45, 7) is 10.2. The summed E-state index contributed by atoms with van der Waals surface area (Å²) in [5.74, 6) is 3.29. The van der Waals surface area contributed by atoms with E-state index in [0.717, 1.165) is 54.9 Å². The number of ether oxygens (including phenoxy) is 3. The molecule has 1 aromatic carbocycles. The summed E-state index contributed by atoms with van der Waals surface area (Å²) in [5.41, 5.74) is 0.952. The van der Waals surface area contributed by atoms with Gasteiger partial charge in [0.05, 0.1) is 17.9 Å². The zero-order valence-corrected chi connectivity index (χ0v) is 15.6. The molecule has 4 rings (SSSR count). The molecule has 7 heteroatoms. The van der Waals surface area contributed by atoms with Gasteiger partial charge in [0.1, 0.15) is 24.9 Å². The van der Waals surface area contributed by atoms with Crippen LogP contribution >= 0.6 is 0 Å². The Bertz CT molecular complexity index is 766. The molecule has 2 atom stereocenters. The Morgan fingerprint density at radius 2 is 1.81 bits per heavy atom. The lowest BCUT2D eigenvalue weighted by molar-refractivity contribution is -0.0676. The molecule has 0 radical (unpaired) electrons. The number of nitrogens with zero attached hydrogens (tertiary/aromatic N) is 4. The van der Waals surface area contributed by atoms with Crippen molar-refractivity contribution < 1.29 is 14.2 Å². The second-order valence-electron chi connectivity index (χ2n) is 7.08. The Hall–Kier alpha value is -2.12. The molecule has 0 aliphatic carbocycles. The number of fused-ring (bicyclic) bond motifs is 1. The van der Waals surface area contributed by atoms with Crippen molar-refractivity contribution in [3.63, 3.8) is 0 Å². The maximum Gasteiger partial charge on any atom is 0.163 e. The van der Waals surface area contributed by atoms with Crippen LogP contribution in [0.2, 0.25) is 0 Å². The molecule has 1 aromatic heterocycles. The molecule has 26 heavy (non-hydrogen) atoms. The molecule has 0 unspecified atom stereocenters. The van der Waals surface area contributed by atoms with E-state index in [4.69, 9.17) is 14.2 Å². The Morgan fingerprint density at radius 1 is 1.08 bits per heavy atom. The molecule has 2 aliphatic heterocycles. The number of aryl methyl sites for hydroxylation is 1. The SMILES string of the molecule is Cc1nc(CCN2C[C@@H](C)O[C@@H](C)C2)n(-c2ccc3c(c2)OCCO3)n1. The van der Waals surface area contributed by atoms with E-state index in [1.165, 1.54) is 0 Å². The van der Waals surface area contributed by atoms with Crippen molar-refractivity contribution in [2.24, 2.45) is 0 Å². The third kappa shape index (κ3) is 3.68. The minimum atomic E-state index is 0.274. The minimum Gasteiger partial charge on any atom is -0.486 e. The molecular formula is C19H26N4O3. The quantitative estimate of drug-likeness (QED) is 0.833. The van der Waals surface area contributed by atoms with Crippen molar-refractivity contribution in [2.75, 3.05) is 32.8 Å². The predicted octanol–water partition coefficient (Wildman–Crippen LogP) is 2.00. The maximum absolute atomic E-state index is 5.82. The van der Waals surface area contributed by atoms with Crippen molar-refractivity contribution in [1.29, 1.82) is 0 Å². The van der Waals surface area contributed by atoms with Gasteiger partial charge in [0.15, 0.2) is 11.5 Å². The number of hydrogen-bond donors (Lipinski definition) is 0. The molecule has 0 saturated carbocycles. The molecule has 0 bridgehead atoms. The molecule has 0 N–H and O–H groups in total. The van der Waals surface area contributed by atoms with Gasteiger partial charge in [-0.15, -0.1) is 0 Å². The van der Waals surface area contributed by atoms with Gasteiger partial charge in [-0.25, -0.2) is 9.67 Å². The van der Waals surface area contributed by atoms with Crippen LogP contribution in [-0.2, 0) is 11.2 Å². The van der Waals surface area contributed by atoms with Crippen LogP contribution in [0.25, 0.3) is 5.69 Å². The zero-order chi connectivity index (χ0) is 18.1. The fourth-order valence-corrected chi connectivity index (χ4v) is 3.72. The summed E-state index contributed by atoms with van der Waals surface area (Å²) in [4.78, 5) is 7.08. The maximum atomic E-state index is 5.82. The Morgan fingerprint density at radius 3 is 2.58 bits per heavy atom. The summed E-state index contributed by atoms with van der Waals surface area (Å²) in [7, 11) is 0. The number of aromatic nitrogens is 3. The van der Waals surface area contributed by atoms with E-state index < -0.39 is 0 Å². The normalized spacial score (nSPS) is 23.2. The van der Waals surface area contributed by atoms with E-state index in [-0.39, 0.29) is 12.2 Å². The van der Waals surface area contributed by atoms with Gasteiger partial charge >= 0.3 is 0 Å². The molecule has 0 amide bonds. The fourth-order valence-electron chi connectivity index (χ4n) is 3.72. The molecular weight excluding hydrogens is 332 g/mol.